The lowest BCUT2D eigenvalue weighted by Crippen LogP contribution is -2.37. The number of amides is 2. The lowest BCUT2D eigenvalue weighted by Gasteiger charge is -2.12. The van der Waals surface area contributed by atoms with Crippen LogP contribution in [0.1, 0.15) is 36.2 Å². The molecule has 2 amide bonds. The van der Waals surface area contributed by atoms with Gasteiger partial charge in [0.25, 0.3) is 5.91 Å². The number of carbonyl (C=O) groups is 2. The molecule has 0 aliphatic heterocycles. The van der Waals surface area contributed by atoms with Crippen LogP contribution in [0.3, 0.4) is 0 Å². The van der Waals surface area contributed by atoms with E-state index in [-0.39, 0.29) is 17.9 Å². The summed E-state index contributed by atoms with van der Waals surface area (Å²) in [5.74, 6) is -0.127. The molecule has 5 nitrogen and oxygen atoms in total. The van der Waals surface area contributed by atoms with Gasteiger partial charge in [0.2, 0.25) is 5.91 Å². The van der Waals surface area contributed by atoms with E-state index in [2.05, 4.69) is 16.0 Å². The maximum atomic E-state index is 11.8. The first-order valence-corrected chi connectivity index (χ1v) is 7.38. The Hall–Kier alpha value is -1.88. The molecule has 1 atom stereocenters. The van der Waals surface area contributed by atoms with E-state index in [1.807, 2.05) is 32.9 Å². The van der Waals surface area contributed by atoms with Crippen LogP contribution >= 0.6 is 0 Å². The van der Waals surface area contributed by atoms with Gasteiger partial charge in [0.05, 0.1) is 0 Å². The van der Waals surface area contributed by atoms with Crippen LogP contribution in [0.4, 0.5) is 0 Å². The summed E-state index contributed by atoms with van der Waals surface area (Å²) in [6.45, 7) is 7.67. The molecule has 0 heterocycles. The Morgan fingerprint density at radius 1 is 1.10 bits per heavy atom. The number of benzene rings is 1. The standard InChI is InChI=1S/C16H25N3O2/c1-4-17-13(3)11-15(20)18-9-10-19-16(21)14-7-5-12(2)6-8-14/h5-8,13,17H,4,9-11H2,1-3H3,(H,18,20)(H,19,21). The molecule has 1 aromatic rings. The molecule has 21 heavy (non-hydrogen) atoms. The summed E-state index contributed by atoms with van der Waals surface area (Å²) < 4.78 is 0. The molecular formula is C16H25N3O2. The number of carbonyl (C=O) groups excluding carboxylic acids is 2. The Kier molecular flexibility index (Phi) is 7.46. The number of rotatable bonds is 8. The van der Waals surface area contributed by atoms with Crippen molar-refractivity contribution in [3.05, 3.63) is 35.4 Å². The van der Waals surface area contributed by atoms with Gasteiger partial charge in [0, 0.05) is 31.1 Å². The Morgan fingerprint density at radius 3 is 2.33 bits per heavy atom. The summed E-state index contributed by atoms with van der Waals surface area (Å²) in [4.78, 5) is 23.4. The molecule has 0 spiro atoms. The van der Waals surface area contributed by atoms with E-state index in [9.17, 15) is 9.59 Å². The minimum absolute atomic E-state index is 0.00645. The third-order valence-electron chi connectivity index (χ3n) is 3.09. The van der Waals surface area contributed by atoms with Gasteiger partial charge in [-0.25, -0.2) is 0 Å². The summed E-state index contributed by atoms with van der Waals surface area (Å²) in [6, 6.07) is 7.55. The van der Waals surface area contributed by atoms with E-state index in [1.165, 1.54) is 0 Å². The highest BCUT2D eigenvalue weighted by Gasteiger charge is 2.08. The molecule has 3 N–H and O–H groups in total. The van der Waals surface area contributed by atoms with Crippen molar-refractivity contribution in [1.29, 1.82) is 0 Å². The summed E-state index contributed by atoms with van der Waals surface area (Å²) in [6.07, 6.45) is 0.444. The van der Waals surface area contributed by atoms with Crippen molar-refractivity contribution >= 4 is 11.8 Å². The van der Waals surface area contributed by atoms with Gasteiger partial charge in [-0.3, -0.25) is 9.59 Å². The zero-order valence-electron chi connectivity index (χ0n) is 13.0. The van der Waals surface area contributed by atoms with Crippen LogP contribution in [0.5, 0.6) is 0 Å². The SMILES string of the molecule is CCNC(C)CC(=O)NCCNC(=O)c1ccc(C)cc1. The molecule has 1 rings (SSSR count). The van der Waals surface area contributed by atoms with E-state index in [0.717, 1.165) is 12.1 Å². The molecule has 0 aliphatic carbocycles. The van der Waals surface area contributed by atoms with Gasteiger partial charge < -0.3 is 16.0 Å². The Labute approximate surface area is 126 Å². The Balaban J connectivity index is 2.20. The number of hydrogen-bond donors (Lipinski definition) is 3. The third-order valence-corrected chi connectivity index (χ3v) is 3.09. The molecular weight excluding hydrogens is 266 g/mol. The van der Waals surface area contributed by atoms with Crippen molar-refractivity contribution in [2.45, 2.75) is 33.2 Å². The van der Waals surface area contributed by atoms with Crippen molar-refractivity contribution in [1.82, 2.24) is 16.0 Å². The van der Waals surface area contributed by atoms with E-state index in [1.54, 1.807) is 12.1 Å². The average molecular weight is 291 g/mol. The summed E-state index contributed by atoms with van der Waals surface area (Å²) in [5, 5.41) is 8.76. The molecule has 1 aromatic carbocycles. The quantitative estimate of drug-likeness (QED) is 0.631. The highest BCUT2D eigenvalue weighted by molar-refractivity contribution is 5.94. The third kappa shape index (κ3) is 6.90. The molecule has 116 valence electrons. The van der Waals surface area contributed by atoms with Crippen LogP contribution in [0, 0.1) is 6.92 Å². The maximum Gasteiger partial charge on any atom is 0.251 e. The van der Waals surface area contributed by atoms with Crippen LogP contribution in [0.15, 0.2) is 24.3 Å². The molecule has 1 unspecified atom stereocenters. The van der Waals surface area contributed by atoms with Gasteiger partial charge in [-0.1, -0.05) is 24.6 Å². The fourth-order valence-electron chi connectivity index (χ4n) is 1.96. The van der Waals surface area contributed by atoms with Crippen LogP contribution in [-0.4, -0.2) is 37.5 Å². The van der Waals surface area contributed by atoms with Gasteiger partial charge in [0.15, 0.2) is 0 Å². The monoisotopic (exact) mass is 291 g/mol. The van der Waals surface area contributed by atoms with Gasteiger partial charge >= 0.3 is 0 Å². The molecule has 5 heteroatoms. The topological polar surface area (TPSA) is 70.2 Å². The smallest absolute Gasteiger partial charge is 0.251 e. The molecule has 0 radical (unpaired) electrons. The van der Waals surface area contributed by atoms with Crippen molar-refractivity contribution in [2.24, 2.45) is 0 Å². The maximum absolute atomic E-state index is 11.8. The summed E-state index contributed by atoms with van der Waals surface area (Å²) >= 11 is 0. The highest BCUT2D eigenvalue weighted by atomic mass is 16.2. The van der Waals surface area contributed by atoms with Crippen LogP contribution in [-0.2, 0) is 4.79 Å². The largest absolute Gasteiger partial charge is 0.354 e. The molecule has 0 aliphatic rings. The molecule has 0 bridgehead atoms. The minimum atomic E-state index is -0.120. The fraction of sp³-hybridized carbons (Fsp3) is 0.500. The summed E-state index contributed by atoms with van der Waals surface area (Å²) in [5.41, 5.74) is 1.75. The highest BCUT2D eigenvalue weighted by Crippen LogP contribution is 2.02. The lowest BCUT2D eigenvalue weighted by molar-refractivity contribution is -0.121. The van der Waals surface area contributed by atoms with E-state index >= 15 is 0 Å². The average Bonchev–Trinajstić information content (AvgIpc) is 2.44. The fourth-order valence-corrected chi connectivity index (χ4v) is 1.96. The van der Waals surface area contributed by atoms with Gasteiger partial charge in [-0.15, -0.1) is 0 Å². The van der Waals surface area contributed by atoms with E-state index < -0.39 is 0 Å². The molecule has 0 saturated carbocycles. The lowest BCUT2D eigenvalue weighted by atomic mass is 10.1. The van der Waals surface area contributed by atoms with Gasteiger partial charge in [-0.2, -0.15) is 0 Å². The van der Waals surface area contributed by atoms with Crippen LogP contribution < -0.4 is 16.0 Å². The normalized spacial score (nSPS) is 11.8. The Bertz CT molecular complexity index is 457. The second-order valence-electron chi connectivity index (χ2n) is 5.13. The second kappa shape index (κ2) is 9.13. The first kappa shape index (κ1) is 17.2. The van der Waals surface area contributed by atoms with Crippen molar-refractivity contribution in [2.75, 3.05) is 19.6 Å². The zero-order valence-corrected chi connectivity index (χ0v) is 13.0. The number of hydrogen-bond acceptors (Lipinski definition) is 3. The molecule has 0 fully saturated rings. The predicted octanol–water partition coefficient (Wildman–Crippen LogP) is 1.23. The zero-order chi connectivity index (χ0) is 15.7. The number of nitrogens with one attached hydrogen (secondary N) is 3. The van der Waals surface area contributed by atoms with Gasteiger partial charge in [-0.05, 0) is 32.5 Å². The first-order valence-electron chi connectivity index (χ1n) is 7.38. The second-order valence-corrected chi connectivity index (χ2v) is 5.13. The molecule has 0 saturated heterocycles. The van der Waals surface area contributed by atoms with Gasteiger partial charge in [0.1, 0.15) is 0 Å². The Morgan fingerprint density at radius 2 is 1.71 bits per heavy atom. The molecule has 0 aromatic heterocycles. The van der Waals surface area contributed by atoms with E-state index in [0.29, 0.717) is 25.1 Å². The van der Waals surface area contributed by atoms with Crippen molar-refractivity contribution in [3.63, 3.8) is 0 Å². The number of aryl methyl sites for hydroxylation is 1. The van der Waals surface area contributed by atoms with Crippen LogP contribution in [0.2, 0.25) is 0 Å². The van der Waals surface area contributed by atoms with Crippen molar-refractivity contribution < 1.29 is 9.59 Å². The summed E-state index contributed by atoms with van der Waals surface area (Å²) in [7, 11) is 0. The van der Waals surface area contributed by atoms with Crippen molar-refractivity contribution in [3.8, 4) is 0 Å². The first-order chi connectivity index (χ1) is 10.0. The predicted molar refractivity (Wildman–Crippen MR) is 84.3 cm³/mol. The van der Waals surface area contributed by atoms with E-state index in [4.69, 9.17) is 0 Å². The van der Waals surface area contributed by atoms with Crippen LogP contribution in [0.25, 0.3) is 0 Å². The minimum Gasteiger partial charge on any atom is -0.354 e.